The molecule has 1 aromatic rings. The van der Waals surface area contributed by atoms with Crippen molar-refractivity contribution in [2.45, 2.75) is 32.2 Å². The number of H-pyrrole nitrogens is 1. The van der Waals surface area contributed by atoms with Crippen molar-refractivity contribution in [2.75, 3.05) is 12.3 Å². The number of aromatic nitrogens is 3. The summed E-state index contributed by atoms with van der Waals surface area (Å²) in [6.07, 6.45) is 2.05. The molecule has 82 valence electrons. The quantitative estimate of drug-likeness (QED) is 0.700. The minimum atomic E-state index is -0.123. The molecule has 1 aliphatic heterocycles. The highest BCUT2D eigenvalue weighted by atomic mass is 16.2. The molecule has 15 heavy (non-hydrogen) atoms. The number of aromatic amines is 1. The number of amides is 1. The molecule has 0 atom stereocenters. The van der Waals surface area contributed by atoms with Crippen LogP contribution in [0.3, 0.4) is 0 Å². The minimum absolute atomic E-state index is 0.0986. The molecule has 0 aliphatic carbocycles. The molecular formula is C9H15N5O. The summed E-state index contributed by atoms with van der Waals surface area (Å²) >= 11 is 0. The van der Waals surface area contributed by atoms with Gasteiger partial charge in [-0.2, -0.15) is 4.98 Å². The second-order valence-electron chi connectivity index (χ2n) is 4.41. The number of hydrogen-bond donors (Lipinski definition) is 2. The summed E-state index contributed by atoms with van der Waals surface area (Å²) in [6, 6.07) is 0. The van der Waals surface area contributed by atoms with E-state index in [-0.39, 0.29) is 23.2 Å². The van der Waals surface area contributed by atoms with E-state index < -0.39 is 0 Å². The summed E-state index contributed by atoms with van der Waals surface area (Å²) in [5.74, 6) is 0.208. The molecule has 0 aromatic carbocycles. The number of carbonyl (C=O) groups is 1. The third-order valence-corrected chi connectivity index (χ3v) is 2.85. The Hall–Kier alpha value is -1.59. The van der Waals surface area contributed by atoms with E-state index in [0.29, 0.717) is 0 Å². The van der Waals surface area contributed by atoms with Gasteiger partial charge in [0, 0.05) is 12.1 Å². The Labute approximate surface area is 87.9 Å². The number of nitrogen functional groups attached to an aromatic ring is 1. The van der Waals surface area contributed by atoms with Gasteiger partial charge < -0.3 is 10.6 Å². The standard InChI is InChI=1S/C9H15N5O/c1-9(2)4-3-5-14(9)7(15)6-11-8(10)13-12-6/h3-5H2,1-2H3,(H3,10,11,12,13). The molecule has 2 heterocycles. The van der Waals surface area contributed by atoms with Gasteiger partial charge in [-0.05, 0) is 26.7 Å². The molecule has 6 heteroatoms. The maximum atomic E-state index is 12.0. The summed E-state index contributed by atoms with van der Waals surface area (Å²) in [6.45, 7) is 4.88. The van der Waals surface area contributed by atoms with Gasteiger partial charge in [0.2, 0.25) is 11.8 Å². The number of nitrogens with zero attached hydrogens (tertiary/aromatic N) is 3. The summed E-state index contributed by atoms with van der Waals surface area (Å²) in [7, 11) is 0. The van der Waals surface area contributed by atoms with Gasteiger partial charge >= 0.3 is 0 Å². The molecule has 2 rings (SSSR count). The smallest absolute Gasteiger partial charge is 0.291 e. The molecule has 0 spiro atoms. The Morgan fingerprint density at radius 2 is 2.33 bits per heavy atom. The third-order valence-electron chi connectivity index (χ3n) is 2.85. The summed E-state index contributed by atoms with van der Waals surface area (Å²) in [5, 5.41) is 6.19. The predicted molar refractivity (Wildman–Crippen MR) is 55.1 cm³/mol. The Bertz CT molecular complexity index is 384. The molecule has 1 amide bonds. The van der Waals surface area contributed by atoms with Crippen LogP contribution in [-0.4, -0.2) is 38.1 Å². The topological polar surface area (TPSA) is 87.9 Å². The van der Waals surface area contributed by atoms with E-state index >= 15 is 0 Å². The van der Waals surface area contributed by atoms with Crippen molar-refractivity contribution in [2.24, 2.45) is 0 Å². The molecule has 0 radical (unpaired) electrons. The number of nitrogens with one attached hydrogen (secondary N) is 1. The van der Waals surface area contributed by atoms with Crippen LogP contribution in [0.2, 0.25) is 0 Å². The van der Waals surface area contributed by atoms with Gasteiger partial charge in [0.05, 0.1) is 0 Å². The minimum Gasteiger partial charge on any atom is -0.366 e. The van der Waals surface area contributed by atoms with E-state index in [9.17, 15) is 4.79 Å². The van der Waals surface area contributed by atoms with Crippen LogP contribution < -0.4 is 5.73 Å². The fraction of sp³-hybridized carbons (Fsp3) is 0.667. The SMILES string of the molecule is CC1(C)CCCN1C(=O)c1nc(N)n[nH]1. The lowest BCUT2D eigenvalue weighted by molar-refractivity contribution is 0.0640. The van der Waals surface area contributed by atoms with Gasteiger partial charge in [0.15, 0.2) is 0 Å². The average molecular weight is 209 g/mol. The normalized spacial score (nSPS) is 19.5. The monoisotopic (exact) mass is 209 g/mol. The summed E-state index contributed by atoms with van der Waals surface area (Å²) in [4.78, 5) is 17.7. The van der Waals surface area contributed by atoms with E-state index in [1.165, 1.54) is 0 Å². The average Bonchev–Trinajstić information content (AvgIpc) is 2.70. The van der Waals surface area contributed by atoms with Crippen molar-refractivity contribution in [3.8, 4) is 0 Å². The Morgan fingerprint density at radius 3 is 2.80 bits per heavy atom. The zero-order valence-electron chi connectivity index (χ0n) is 8.95. The first-order valence-corrected chi connectivity index (χ1v) is 5.00. The maximum Gasteiger partial charge on any atom is 0.291 e. The largest absolute Gasteiger partial charge is 0.366 e. The number of nitrogens with two attached hydrogens (primary N) is 1. The van der Waals surface area contributed by atoms with E-state index in [2.05, 4.69) is 29.0 Å². The molecule has 6 nitrogen and oxygen atoms in total. The van der Waals surface area contributed by atoms with Crippen LogP contribution >= 0.6 is 0 Å². The van der Waals surface area contributed by atoms with Gasteiger partial charge in [-0.25, -0.2) is 0 Å². The molecule has 0 unspecified atom stereocenters. The van der Waals surface area contributed by atoms with E-state index in [1.807, 2.05) is 4.90 Å². The number of anilines is 1. The van der Waals surface area contributed by atoms with Crippen molar-refractivity contribution in [1.29, 1.82) is 0 Å². The second kappa shape index (κ2) is 3.22. The molecule has 1 saturated heterocycles. The first-order valence-electron chi connectivity index (χ1n) is 5.00. The molecular weight excluding hydrogens is 194 g/mol. The molecule has 3 N–H and O–H groups in total. The lowest BCUT2D eigenvalue weighted by atomic mass is 10.0. The van der Waals surface area contributed by atoms with Crippen molar-refractivity contribution in [3.05, 3.63) is 5.82 Å². The first-order chi connectivity index (χ1) is 7.00. The molecule has 1 aromatic heterocycles. The number of likely N-dealkylation sites (tertiary alicyclic amines) is 1. The van der Waals surface area contributed by atoms with E-state index in [1.54, 1.807) is 0 Å². The fourth-order valence-corrected chi connectivity index (χ4v) is 1.98. The van der Waals surface area contributed by atoms with Gasteiger partial charge in [0.1, 0.15) is 0 Å². The molecule has 0 bridgehead atoms. The van der Waals surface area contributed by atoms with Crippen molar-refractivity contribution < 1.29 is 4.79 Å². The van der Waals surface area contributed by atoms with Crippen LogP contribution in [0.25, 0.3) is 0 Å². The first kappa shape index (κ1) is 9.95. The fourth-order valence-electron chi connectivity index (χ4n) is 1.98. The summed E-state index contributed by atoms with van der Waals surface area (Å²) < 4.78 is 0. The number of hydrogen-bond acceptors (Lipinski definition) is 4. The zero-order chi connectivity index (χ0) is 11.1. The molecule has 1 aliphatic rings. The van der Waals surface area contributed by atoms with Crippen LogP contribution in [0.5, 0.6) is 0 Å². The van der Waals surface area contributed by atoms with Crippen LogP contribution in [0.15, 0.2) is 0 Å². The van der Waals surface area contributed by atoms with Gasteiger partial charge in [-0.1, -0.05) is 0 Å². The highest BCUT2D eigenvalue weighted by Crippen LogP contribution is 2.29. The van der Waals surface area contributed by atoms with Crippen LogP contribution in [-0.2, 0) is 0 Å². The predicted octanol–water partition coefficient (Wildman–Crippen LogP) is 0.401. The van der Waals surface area contributed by atoms with Crippen molar-refractivity contribution >= 4 is 11.9 Å². The third kappa shape index (κ3) is 1.67. The lowest BCUT2D eigenvalue weighted by Gasteiger charge is -2.30. The number of rotatable bonds is 1. The van der Waals surface area contributed by atoms with Crippen LogP contribution in [0, 0.1) is 0 Å². The maximum absolute atomic E-state index is 12.0. The summed E-state index contributed by atoms with van der Waals surface area (Å²) in [5.41, 5.74) is 5.26. The highest BCUT2D eigenvalue weighted by molar-refractivity contribution is 5.91. The van der Waals surface area contributed by atoms with E-state index in [0.717, 1.165) is 19.4 Å². The lowest BCUT2D eigenvalue weighted by Crippen LogP contribution is -2.43. The van der Waals surface area contributed by atoms with Crippen LogP contribution in [0.4, 0.5) is 5.95 Å². The molecule has 1 fully saturated rings. The second-order valence-corrected chi connectivity index (χ2v) is 4.41. The highest BCUT2D eigenvalue weighted by Gasteiger charge is 2.36. The van der Waals surface area contributed by atoms with E-state index in [4.69, 9.17) is 5.73 Å². The van der Waals surface area contributed by atoms with Crippen molar-refractivity contribution in [1.82, 2.24) is 20.1 Å². The van der Waals surface area contributed by atoms with Gasteiger partial charge in [0.25, 0.3) is 5.91 Å². The number of carbonyl (C=O) groups excluding carboxylic acids is 1. The van der Waals surface area contributed by atoms with Gasteiger partial charge in [-0.3, -0.25) is 9.89 Å². The zero-order valence-corrected chi connectivity index (χ0v) is 8.95. The van der Waals surface area contributed by atoms with Crippen molar-refractivity contribution in [3.63, 3.8) is 0 Å². The Morgan fingerprint density at radius 1 is 1.60 bits per heavy atom. The van der Waals surface area contributed by atoms with Gasteiger partial charge in [-0.15, -0.1) is 5.10 Å². The van der Waals surface area contributed by atoms with Crippen LogP contribution in [0.1, 0.15) is 37.3 Å². The molecule has 0 saturated carbocycles. The Kier molecular flexibility index (Phi) is 2.13. The Balaban J connectivity index is 2.21.